The van der Waals surface area contributed by atoms with Crippen LogP contribution in [0.4, 0.5) is 0 Å². The molecule has 6 nitrogen and oxygen atoms in total. The maximum Gasteiger partial charge on any atom is 0.267 e. The molecule has 0 fully saturated rings. The van der Waals surface area contributed by atoms with E-state index in [1.165, 1.54) is 11.3 Å². The Morgan fingerprint density at radius 2 is 1.68 bits per heavy atom. The van der Waals surface area contributed by atoms with E-state index >= 15 is 0 Å². The monoisotopic (exact) mass is 555 g/mol. The number of unbranched alkanes of at least 4 members (excludes halogenated alkanes) is 2. The third-order valence-corrected chi connectivity index (χ3v) is 8.48. The van der Waals surface area contributed by atoms with E-state index in [4.69, 9.17) is 4.74 Å². The van der Waals surface area contributed by atoms with Crippen molar-refractivity contribution in [1.82, 2.24) is 14.8 Å². The van der Waals surface area contributed by atoms with Gasteiger partial charge in [-0.1, -0.05) is 46.2 Å². The lowest BCUT2D eigenvalue weighted by Gasteiger charge is -2.34. The van der Waals surface area contributed by atoms with E-state index < -0.39 is 5.60 Å². The van der Waals surface area contributed by atoms with Gasteiger partial charge in [0.05, 0.1) is 12.2 Å². The normalized spacial score (nSPS) is 12.2. The third-order valence-electron chi connectivity index (χ3n) is 8.48. The molecule has 0 unspecified atom stereocenters. The van der Waals surface area contributed by atoms with E-state index in [1.54, 1.807) is 0 Å². The second-order valence-electron chi connectivity index (χ2n) is 11.7. The molecule has 2 N–H and O–H groups in total. The van der Waals surface area contributed by atoms with Crippen LogP contribution in [0.2, 0.25) is 0 Å². The van der Waals surface area contributed by atoms with E-state index in [9.17, 15) is 9.90 Å². The van der Waals surface area contributed by atoms with Crippen LogP contribution in [0.5, 0.6) is 5.75 Å². The van der Waals surface area contributed by atoms with Crippen molar-refractivity contribution in [2.24, 2.45) is 0 Å². The fourth-order valence-electron chi connectivity index (χ4n) is 5.86. The Kier molecular flexibility index (Phi) is 13.7. The minimum atomic E-state index is -0.592. The van der Waals surface area contributed by atoms with E-state index in [1.807, 2.05) is 19.9 Å². The highest BCUT2D eigenvalue weighted by Gasteiger charge is 2.35. The Morgan fingerprint density at radius 3 is 2.25 bits per heavy atom. The number of aromatic nitrogens is 1. The summed E-state index contributed by atoms with van der Waals surface area (Å²) in [5.74, 6) is 0.944. The van der Waals surface area contributed by atoms with Crippen molar-refractivity contribution >= 4 is 5.91 Å². The summed E-state index contributed by atoms with van der Waals surface area (Å²) in [5.41, 5.74) is 3.58. The molecule has 1 aromatic carbocycles. The third kappa shape index (κ3) is 9.10. The number of ether oxygens (including phenoxy) is 1. The number of carbonyl (C=O) groups excluding carboxylic acids is 1. The van der Waals surface area contributed by atoms with E-state index in [0.717, 1.165) is 88.1 Å². The van der Waals surface area contributed by atoms with Crippen molar-refractivity contribution in [3.05, 3.63) is 52.8 Å². The van der Waals surface area contributed by atoms with Crippen molar-refractivity contribution in [3.63, 3.8) is 0 Å². The van der Waals surface area contributed by atoms with Crippen LogP contribution in [-0.2, 0) is 12.0 Å². The van der Waals surface area contributed by atoms with Gasteiger partial charge in [-0.2, -0.15) is 0 Å². The van der Waals surface area contributed by atoms with Crippen LogP contribution in [-0.4, -0.2) is 58.9 Å². The molecule has 1 amide bonds. The molecule has 0 aliphatic heterocycles. The van der Waals surface area contributed by atoms with Crippen molar-refractivity contribution in [2.45, 2.75) is 118 Å². The summed E-state index contributed by atoms with van der Waals surface area (Å²) in [7, 11) is 0. The fraction of sp³-hybridized carbons (Fsp3) is 0.676. The van der Waals surface area contributed by atoms with Crippen LogP contribution >= 0.6 is 0 Å². The van der Waals surface area contributed by atoms with Gasteiger partial charge >= 0.3 is 0 Å². The zero-order valence-corrected chi connectivity index (χ0v) is 26.7. The van der Waals surface area contributed by atoms with Gasteiger partial charge < -0.3 is 24.6 Å². The summed E-state index contributed by atoms with van der Waals surface area (Å²) >= 11 is 0. The van der Waals surface area contributed by atoms with Crippen LogP contribution in [0, 0.1) is 6.92 Å². The predicted octanol–water partition coefficient (Wildman–Crippen LogP) is 7.09. The SMILES string of the molecule is CCN(CC)CCCNC(=O)c1ccc(C(CC)(CC)c2ccc(OCCCCCC(C)(C)O)c(C)c2)n1CC. The number of hydrogen-bond donors (Lipinski definition) is 2. The Morgan fingerprint density at radius 1 is 0.975 bits per heavy atom. The molecule has 1 heterocycles. The average molecular weight is 556 g/mol. The quantitative estimate of drug-likeness (QED) is 0.182. The average Bonchev–Trinajstić information content (AvgIpc) is 3.36. The number of hydrogen-bond acceptors (Lipinski definition) is 4. The van der Waals surface area contributed by atoms with Gasteiger partial charge in [0.25, 0.3) is 5.91 Å². The van der Waals surface area contributed by atoms with E-state index in [-0.39, 0.29) is 11.3 Å². The van der Waals surface area contributed by atoms with Crippen molar-refractivity contribution in [3.8, 4) is 5.75 Å². The minimum Gasteiger partial charge on any atom is -0.493 e. The first-order valence-corrected chi connectivity index (χ1v) is 15.7. The number of aliphatic hydroxyl groups is 1. The summed E-state index contributed by atoms with van der Waals surface area (Å²) < 4.78 is 8.35. The van der Waals surface area contributed by atoms with Gasteiger partial charge in [-0.25, -0.2) is 0 Å². The van der Waals surface area contributed by atoms with E-state index in [0.29, 0.717) is 13.2 Å². The molecule has 40 heavy (non-hydrogen) atoms. The Labute approximate surface area is 244 Å². The molecule has 0 bridgehead atoms. The second kappa shape index (κ2) is 16.2. The lowest BCUT2D eigenvalue weighted by molar-refractivity contribution is 0.0677. The molecule has 2 aromatic rings. The highest BCUT2D eigenvalue weighted by atomic mass is 16.5. The number of carbonyl (C=O) groups is 1. The van der Waals surface area contributed by atoms with Gasteiger partial charge in [-0.15, -0.1) is 0 Å². The van der Waals surface area contributed by atoms with Crippen LogP contribution in [0.15, 0.2) is 30.3 Å². The number of nitrogens with zero attached hydrogens (tertiary/aromatic N) is 2. The number of rotatable bonds is 19. The van der Waals surface area contributed by atoms with Crippen LogP contribution in [0.25, 0.3) is 0 Å². The topological polar surface area (TPSA) is 66.7 Å². The molecule has 0 radical (unpaired) electrons. The number of aryl methyl sites for hydroxylation is 1. The smallest absolute Gasteiger partial charge is 0.267 e. The summed E-state index contributed by atoms with van der Waals surface area (Å²) in [4.78, 5) is 15.6. The molecule has 1 aromatic heterocycles. The maximum atomic E-state index is 13.2. The molecule has 0 saturated heterocycles. The summed E-state index contributed by atoms with van der Waals surface area (Å²) in [6, 6.07) is 10.8. The summed E-state index contributed by atoms with van der Waals surface area (Å²) in [6.45, 7) is 22.0. The second-order valence-corrected chi connectivity index (χ2v) is 11.7. The molecular formula is C34H57N3O3. The van der Waals surface area contributed by atoms with E-state index in [2.05, 4.69) is 80.6 Å². The molecule has 0 aliphatic rings. The molecule has 6 heteroatoms. The molecule has 0 atom stereocenters. The molecule has 0 saturated carbocycles. The van der Waals surface area contributed by atoms with Crippen molar-refractivity contribution in [2.75, 3.05) is 32.8 Å². The lowest BCUT2D eigenvalue weighted by atomic mass is 9.72. The molecular weight excluding hydrogens is 498 g/mol. The van der Waals surface area contributed by atoms with Crippen molar-refractivity contribution < 1.29 is 14.6 Å². The van der Waals surface area contributed by atoms with Gasteiger partial charge in [-0.05, 0) is 115 Å². The minimum absolute atomic E-state index is 0.0104. The number of benzene rings is 1. The highest BCUT2D eigenvalue weighted by molar-refractivity contribution is 5.93. The first kappa shape index (κ1) is 33.9. The Hall–Kier alpha value is -2.31. The van der Waals surface area contributed by atoms with Crippen LogP contribution in [0.3, 0.4) is 0 Å². The summed E-state index contributed by atoms with van der Waals surface area (Å²) in [5, 5.41) is 13.0. The largest absolute Gasteiger partial charge is 0.493 e. The van der Waals surface area contributed by atoms with Crippen LogP contribution < -0.4 is 10.1 Å². The molecule has 226 valence electrons. The van der Waals surface area contributed by atoms with Gasteiger partial charge in [-0.3, -0.25) is 4.79 Å². The Bertz CT molecular complexity index is 1030. The van der Waals surface area contributed by atoms with Gasteiger partial charge in [0, 0.05) is 24.2 Å². The zero-order valence-electron chi connectivity index (χ0n) is 26.7. The molecule has 0 aliphatic carbocycles. The van der Waals surface area contributed by atoms with Gasteiger partial charge in [0.1, 0.15) is 11.4 Å². The highest BCUT2D eigenvalue weighted by Crippen LogP contribution is 2.41. The van der Waals surface area contributed by atoms with Gasteiger partial charge in [0.2, 0.25) is 0 Å². The van der Waals surface area contributed by atoms with Crippen LogP contribution in [0.1, 0.15) is 121 Å². The first-order chi connectivity index (χ1) is 19.1. The number of amides is 1. The number of nitrogens with one attached hydrogen (secondary N) is 1. The summed E-state index contributed by atoms with van der Waals surface area (Å²) in [6.07, 6.45) is 6.70. The standard InChI is InChI=1S/C34H57N3O3/c1-9-34(10-2,28-18-20-30(27(6)26-28)40-25-16-14-15-22-33(7,8)39)31-21-19-29(37(31)13-5)32(38)35-23-17-24-36(11-3)12-4/h18-21,26,39H,9-17,22-25H2,1-8H3,(H,35,38). The Balaban J connectivity index is 2.15. The zero-order chi connectivity index (χ0) is 29.8. The lowest BCUT2D eigenvalue weighted by Crippen LogP contribution is -2.33. The molecule has 2 rings (SSSR count). The van der Waals surface area contributed by atoms with Crippen molar-refractivity contribution in [1.29, 1.82) is 0 Å². The first-order valence-electron chi connectivity index (χ1n) is 15.7. The van der Waals surface area contributed by atoms with Gasteiger partial charge in [0.15, 0.2) is 0 Å². The molecule has 0 spiro atoms. The predicted molar refractivity (Wildman–Crippen MR) is 168 cm³/mol. The fourth-order valence-corrected chi connectivity index (χ4v) is 5.86. The maximum absolute atomic E-state index is 13.2.